The number of aliphatic hydroxyl groups is 2. The summed E-state index contributed by atoms with van der Waals surface area (Å²) in [5.41, 5.74) is 10.4. The molecule has 0 bridgehead atoms. The number of aliphatic hydroxyl groups excluding tert-OH is 2. The highest BCUT2D eigenvalue weighted by Gasteiger charge is 2.48. The Balaban J connectivity index is 0.000000700. The molecule has 0 amide bonds. The van der Waals surface area contributed by atoms with Gasteiger partial charge in [-0.05, 0) is 17.9 Å². The number of carboxylic acid groups (broad SMARTS) is 3. The number of pyridine rings is 1. The van der Waals surface area contributed by atoms with Gasteiger partial charge in [-0.3, -0.25) is 14.1 Å². The molecule has 2 rings (SSSR count). The highest BCUT2D eigenvalue weighted by molar-refractivity contribution is 7.46. The van der Waals surface area contributed by atoms with Gasteiger partial charge in [-0.1, -0.05) is 40.5 Å². The largest absolute Gasteiger partial charge is 0.545 e. The summed E-state index contributed by atoms with van der Waals surface area (Å²) in [5, 5.41) is 47.3. The second-order valence-electron chi connectivity index (χ2n) is 9.16. The molecule has 16 nitrogen and oxygen atoms in total. The first-order valence-corrected chi connectivity index (χ1v) is 13.8. The normalized spacial score (nSPS) is 23.4. The molecular formula is C23H40N3O13P. The van der Waals surface area contributed by atoms with Gasteiger partial charge in [0.15, 0.2) is 18.5 Å². The molecule has 0 spiro atoms. The highest BCUT2D eigenvalue weighted by Crippen LogP contribution is 2.37. The number of ether oxygens (including phenoxy) is 1. The standard InChI is InChI=1S/C11H14NO9P.2C6H13NO2/c13-8-7(5-20-22(17,18)19)21-10(9(8)14)12-3-1-2-6(4-12)11(15)16;2*1-3-4(2)5(7)6(8)9/h1-4,7-10,13-14H,5H2,(H2-,15,16,17,18,19);2*4-5H,3,7H2,1-2H3,(H,8,9)/t7-,8-,9-,10-;;/m1../s1. The van der Waals surface area contributed by atoms with Crippen LogP contribution in [0.3, 0.4) is 0 Å². The number of carbonyl (C=O) groups excluding carboxylic acids is 1. The first-order chi connectivity index (χ1) is 18.4. The van der Waals surface area contributed by atoms with Crippen molar-refractivity contribution >= 4 is 25.7 Å². The molecule has 8 atom stereocenters. The Hall–Kier alpha value is -2.53. The van der Waals surface area contributed by atoms with Crippen molar-refractivity contribution in [2.75, 3.05) is 6.61 Å². The maximum atomic E-state index is 10.8. The molecule has 230 valence electrons. The van der Waals surface area contributed by atoms with E-state index in [0.717, 1.165) is 19.0 Å². The summed E-state index contributed by atoms with van der Waals surface area (Å²) in [6.45, 7) is 6.87. The monoisotopic (exact) mass is 597 g/mol. The topological polar surface area (TPSA) is 287 Å². The third kappa shape index (κ3) is 12.8. The van der Waals surface area contributed by atoms with Crippen LogP contribution >= 0.6 is 7.82 Å². The van der Waals surface area contributed by atoms with E-state index >= 15 is 0 Å². The van der Waals surface area contributed by atoms with Gasteiger partial charge in [0.1, 0.15) is 24.3 Å². The molecule has 0 radical (unpaired) electrons. The molecule has 17 heteroatoms. The number of aromatic carboxylic acids is 1. The van der Waals surface area contributed by atoms with Crippen molar-refractivity contribution in [1.82, 2.24) is 0 Å². The van der Waals surface area contributed by atoms with Crippen LogP contribution in [-0.2, 0) is 23.4 Å². The zero-order chi connectivity index (χ0) is 31.4. The van der Waals surface area contributed by atoms with E-state index < -0.39 is 69.0 Å². The van der Waals surface area contributed by atoms with E-state index in [0.29, 0.717) is 0 Å². The summed E-state index contributed by atoms with van der Waals surface area (Å²) in [7, 11) is -4.74. The summed E-state index contributed by atoms with van der Waals surface area (Å²) in [6, 6.07) is 1.26. The molecule has 4 unspecified atom stereocenters. The van der Waals surface area contributed by atoms with Crippen molar-refractivity contribution < 1.29 is 68.1 Å². The predicted octanol–water partition coefficient (Wildman–Crippen LogP) is -2.05. The van der Waals surface area contributed by atoms with Crippen LogP contribution in [-0.4, -0.2) is 85.1 Å². The summed E-state index contributed by atoms with van der Waals surface area (Å²) in [5.74, 6) is -3.11. The van der Waals surface area contributed by atoms with Gasteiger partial charge in [-0.2, -0.15) is 4.57 Å². The number of hydrogen-bond acceptors (Lipinski definition) is 11. The molecule has 0 saturated carbocycles. The van der Waals surface area contributed by atoms with Gasteiger partial charge in [-0.25, -0.2) is 4.57 Å². The summed E-state index contributed by atoms with van der Waals surface area (Å²) < 4.78 is 21.4. The number of nitrogens with two attached hydrogens (primary N) is 2. The summed E-state index contributed by atoms with van der Waals surface area (Å²) in [6.07, 6.45) is -1.06. The number of rotatable bonds is 11. The van der Waals surface area contributed by atoms with Crippen LogP contribution in [0.1, 0.15) is 57.1 Å². The van der Waals surface area contributed by atoms with Gasteiger partial charge < -0.3 is 56.3 Å². The fraction of sp³-hybridized carbons (Fsp3) is 0.652. The van der Waals surface area contributed by atoms with Crippen LogP contribution in [0.15, 0.2) is 24.5 Å². The van der Waals surface area contributed by atoms with E-state index in [4.69, 9.17) is 36.2 Å². The molecule has 10 N–H and O–H groups in total. The predicted molar refractivity (Wildman–Crippen MR) is 135 cm³/mol. The van der Waals surface area contributed by atoms with E-state index in [2.05, 4.69) is 4.52 Å². The highest BCUT2D eigenvalue weighted by atomic mass is 31.2. The lowest BCUT2D eigenvalue weighted by Crippen LogP contribution is -2.46. The molecule has 1 fully saturated rings. The maximum Gasteiger partial charge on any atom is 0.469 e. The van der Waals surface area contributed by atoms with Gasteiger partial charge in [0.25, 0.3) is 6.23 Å². The minimum absolute atomic E-state index is 0.0718. The average molecular weight is 598 g/mol. The third-order valence-corrected chi connectivity index (χ3v) is 6.67. The lowest BCUT2D eigenvalue weighted by atomic mass is 10.0. The van der Waals surface area contributed by atoms with Crippen molar-refractivity contribution in [2.24, 2.45) is 23.3 Å². The minimum atomic E-state index is -4.74. The van der Waals surface area contributed by atoms with E-state index in [-0.39, 0.29) is 17.4 Å². The molecule has 1 aromatic rings. The zero-order valence-corrected chi connectivity index (χ0v) is 23.5. The van der Waals surface area contributed by atoms with Gasteiger partial charge in [0.05, 0.1) is 18.1 Å². The molecule has 1 aliphatic heterocycles. The van der Waals surface area contributed by atoms with Crippen molar-refractivity contribution in [3.8, 4) is 0 Å². The fourth-order valence-corrected chi connectivity index (χ4v) is 3.39. The molecule has 40 heavy (non-hydrogen) atoms. The molecular weight excluding hydrogens is 557 g/mol. The first kappa shape index (κ1) is 37.5. The Morgan fingerprint density at radius 1 is 1.05 bits per heavy atom. The van der Waals surface area contributed by atoms with Gasteiger partial charge in [0, 0.05) is 6.07 Å². The quantitative estimate of drug-likeness (QED) is 0.101. The van der Waals surface area contributed by atoms with Crippen LogP contribution in [0.4, 0.5) is 0 Å². The van der Waals surface area contributed by atoms with E-state index in [1.165, 1.54) is 22.9 Å². The fourth-order valence-electron chi connectivity index (χ4n) is 3.05. The Morgan fingerprint density at radius 3 is 1.88 bits per heavy atom. The van der Waals surface area contributed by atoms with Crippen LogP contribution in [0.25, 0.3) is 0 Å². The number of nitrogens with zero attached hydrogens (tertiary/aromatic N) is 1. The third-order valence-electron chi connectivity index (χ3n) is 6.18. The number of phosphoric acid groups is 1. The number of hydrogen-bond donors (Lipinski definition) is 8. The second kappa shape index (κ2) is 17.3. The number of carbonyl (C=O) groups is 3. The van der Waals surface area contributed by atoms with E-state index in [9.17, 15) is 34.3 Å². The van der Waals surface area contributed by atoms with Crippen LogP contribution in [0, 0.1) is 11.8 Å². The molecule has 0 aromatic carbocycles. The number of carboxylic acids is 3. The van der Waals surface area contributed by atoms with Crippen molar-refractivity contribution in [2.45, 2.75) is 77.2 Å². The van der Waals surface area contributed by atoms with Crippen molar-refractivity contribution in [1.29, 1.82) is 0 Å². The SMILES string of the molecule is CCC(C)C(N)C(=O)O.CCC(C)C(N)C(=O)O.O=C([O-])c1ccc[n+]([C@@H]2O[C@H](COP(=O)(O)O)[C@@H](O)[C@H]2O)c1. The Kier molecular flexibility index (Phi) is 16.2. The van der Waals surface area contributed by atoms with Crippen LogP contribution in [0.2, 0.25) is 0 Å². The average Bonchev–Trinajstić information content (AvgIpc) is 3.19. The smallest absolute Gasteiger partial charge is 0.469 e. The molecule has 2 heterocycles. The summed E-state index contributed by atoms with van der Waals surface area (Å²) >= 11 is 0. The number of aliphatic carboxylic acids is 2. The Morgan fingerprint density at radius 2 is 1.52 bits per heavy atom. The van der Waals surface area contributed by atoms with Crippen LogP contribution in [0.5, 0.6) is 0 Å². The minimum Gasteiger partial charge on any atom is -0.545 e. The number of phosphoric ester groups is 1. The van der Waals surface area contributed by atoms with Crippen LogP contribution < -0.4 is 21.1 Å². The first-order valence-electron chi connectivity index (χ1n) is 12.3. The lowest BCUT2D eigenvalue weighted by molar-refractivity contribution is -0.765. The zero-order valence-electron chi connectivity index (χ0n) is 22.6. The van der Waals surface area contributed by atoms with E-state index in [1.54, 1.807) is 0 Å². The molecule has 1 aromatic heterocycles. The van der Waals surface area contributed by atoms with Crippen molar-refractivity contribution in [3.63, 3.8) is 0 Å². The molecule has 0 aliphatic carbocycles. The molecule has 1 saturated heterocycles. The van der Waals surface area contributed by atoms with E-state index in [1.807, 2.05) is 27.7 Å². The lowest BCUT2D eigenvalue weighted by Gasteiger charge is -2.13. The van der Waals surface area contributed by atoms with Gasteiger partial charge in [0.2, 0.25) is 0 Å². The molecule has 1 aliphatic rings. The van der Waals surface area contributed by atoms with Crippen molar-refractivity contribution in [3.05, 3.63) is 30.1 Å². The Labute approximate surface area is 231 Å². The maximum absolute atomic E-state index is 10.8. The summed E-state index contributed by atoms with van der Waals surface area (Å²) in [4.78, 5) is 48.4. The number of aromatic nitrogens is 1. The van der Waals surface area contributed by atoms with Gasteiger partial charge in [-0.15, -0.1) is 0 Å². The van der Waals surface area contributed by atoms with Gasteiger partial charge >= 0.3 is 19.8 Å². The second-order valence-corrected chi connectivity index (χ2v) is 10.4. The Bertz CT molecular complexity index is 982.